The molecule has 0 bridgehead atoms. The van der Waals surface area contributed by atoms with E-state index < -0.39 is 0 Å². The molecule has 0 spiro atoms. The minimum Gasteiger partial charge on any atom is -0.485 e. The molecule has 1 aromatic carbocycles. The van der Waals surface area contributed by atoms with Gasteiger partial charge in [-0.2, -0.15) is 0 Å². The fourth-order valence-electron chi connectivity index (χ4n) is 1.54. The first-order valence-corrected chi connectivity index (χ1v) is 7.25. The van der Waals surface area contributed by atoms with E-state index in [-0.39, 0.29) is 5.60 Å². The van der Waals surface area contributed by atoms with Gasteiger partial charge in [0.05, 0.1) is 11.0 Å². The van der Waals surface area contributed by atoms with E-state index in [4.69, 9.17) is 9.47 Å². The van der Waals surface area contributed by atoms with Crippen LogP contribution in [0.3, 0.4) is 0 Å². The molecule has 3 heteroatoms. The van der Waals surface area contributed by atoms with Crippen molar-refractivity contribution in [3.8, 4) is 11.5 Å². The summed E-state index contributed by atoms with van der Waals surface area (Å²) in [5.41, 5.74) is -0.196. The van der Waals surface area contributed by atoms with Gasteiger partial charge in [0.2, 0.25) is 0 Å². The van der Waals surface area contributed by atoms with Gasteiger partial charge < -0.3 is 9.47 Å². The van der Waals surface area contributed by atoms with Gasteiger partial charge in [-0.1, -0.05) is 6.07 Å². The molecule has 0 N–H and O–H groups in total. The van der Waals surface area contributed by atoms with Crippen LogP contribution in [0.1, 0.15) is 33.6 Å². The number of hydrogen-bond acceptors (Lipinski definition) is 3. The predicted molar refractivity (Wildman–Crippen MR) is 72.3 cm³/mol. The smallest absolute Gasteiger partial charge is 0.175 e. The van der Waals surface area contributed by atoms with Gasteiger partial charge in [-0.15, -0.1) is 11.8 Å². The molecule has 0 aliphatic heterocycles. The minimum atomic E-state index is -0.196. The van der Waals surface area contributed by atoms with Gasteiger partial charge >= 0.3 is 0 Å². The second kappa shape index (κ2) is 4.81. The summed E-state index contributed by atoms with van der Waals surface area (Å²) in [4.78, 5) is 1.15. The molecule has 0 atom stereocenters. The van der Waals surface area contributed by atoms with E-state index in [1.54, 1.807) is 11.8 Å². The summed E-state index contributed by atoms with van der Waals surface area (Å²) < 4.78 is 11.9. The summed E-state index contributed by atoms with van der Waals surface area (Å²) in [7, 11) is 0. The van der Waals surface area contributed by atoms with Crippen molar-refractivity contribution in [2.45, 2.75) is 50.2 Å². The fraction of sp³-hybridized carbons (Fsp3) is 0.571. The highest BCUT2D eigenvalue weighted by molar-refractivity contribution is 7.98. The molecule has 0 saturated heterocycles. The Bertz CT molecular complexity index is 392. The molecule has 1 aliphatic carbocycles. The quantitative estimate of drug-likeness (QED) is 0.751. The summed E-state index contributed by atoms with van der Waals surface area (Å²) in [5, 5.41) is 0. The molecule has 1 saturated carbocycles. The van der Waals surface area contributed by atoms with Crippen LogP contribution in [0.15, 0.2) is 23.1 Å². The molecule has 17 heavy (non-hydrogen) atoms. The lowest BCUT2D eigenvalue weighted by Gasteiger charge is -2.24. The molecular weight excluding hydrogens is 232 g/mol. The monoisotopic (exact) mass is 252 g/mol. The summed E-state index contributed by atoms with van der Waals surface area (Å²) >= 11 is 1.70. The number of hydrogen-bond donors (Lipinski definition) is 0. The molecule has 0 unspecified atom stereocenters. The van der Waals surface area contributed by atoms with Crippen molar-refractivity contribution in [1.29, 1.82) is 0 Å². The summed E-state index contributed by atoms with van der Waals surface area (Å²) in [6, 6.07) is 6.09. The third kappa shape index (κ3) is 3.56. The van der Waals surface area contributed by atoms with Gasteiger partial charge in [-0.3, -0.25) is 0 Å². The van der Waals surface area contributed by atoms with Gasteiger partial charge in [0.25, 0.3) is 0 Å². The number of rotatable bonds is 4. The van der Waals surface area contributed by atoms with E-state index in [2.05, 4.69) is 33.1 Å². The average Bonchev–Trinajstić information content (AvgIpc) is 3.02. The van der Waals surface area contributed by atoms with Crippen LogP contribution < -0.4 is 9.47 Å². The average molecular weight is 252 g/mol. The van der Waals surface area contributed by atoms with Crippen LogP contribution in [0, 0.1) is 0 Å². The van der Waals surface area contributed by atoms with Crippen LogP contribution in [-0.2, 0) is 0 Å². The van der Waals surface area contributed by atoms with Gasteiger partial charge in [-0.25, -0.2) is 0 Å². The Morgan fingerprint density at radius 2 is 1.94 bits per heavy atom. The maximum Gasteiger partial charge on any atom is 0.175 e. The molecule has 0 amide bonds. The van der Waals surface area contributed by atoms with Crippen LogP contribution >= 0.6 is 11.8 Å². The molecule has 2 nitrogen and oxygen atoms in total. The van der Waals surface area contributed by atoms with Gasteiger partial charge in [0.1, 0.15) is 5.60 Å². The molecule has 1 aromatic rings. The van der Waals surface area contributed by atoms with Crippen molar-refractivity contribution in [2.75, 3.05) is 6.26 Å². The Hall–Kier alpha value is -0.830. The van der Waals surface area contributed by atoms with E-state index in [1.165, 1.54) is 0 Å². The molecular formula is C14H20O2S. The normalized spacial score (nSPS) is 15.8. The van der Waals surface area contributed by atoms with Crippen LogP contribution in [-0.4, -0.2) is 18.0 Å². The second-order valence-corrected chi connectivity index (χ2v) is 6.17. The Morgan fingerprint density at radius 1 is 1.24 bits per heavy atom. The van der Waals surface area contributed by atoms with Crippen LogP contribution in [0.2, 0.25) is 0 Å². The van der Waals surface area contributed by atoms with Crippen molar-refractivity contribution in [1.82, 2.24) is 0 Å². The topological polar surface area (TPSA) is 18.5 Å². The van der Waals surface area contributed by atoms with Crippen molar-refractivity contribution in [2.24, 2.45) is 0 Å². The van der Waals surface area contributed by atoms with E-state index in [9.17, 15) is 0 Å². The van der Waals surface area contributed by atoms with Gasteiger partial charge in [0.15, 0.2) is 11.5 Å². The fourth-order valence-corrected chi connectivity index (χ4v) is 2.08. The Morgan fingerprint density at radius 3 is 2.47 bits per heavy atom. The predicted octanol–water partition coefficient (Wildman–Crippen LogP) is 4.13. The van der Waals surface area contributed by atoms with E-state index in [0.717, 1.165) is 29.2 Å². The Labute approximate surface area is 108 Å². The molecule has 1 fully saturated rings. The molecule has 1 aliphatic rings. The van der Waals surface area contributed by atoms with E-state index in [1.807, 2.05) is 12.1 Å². The van der Waals surface area contributed by atoms with Crippen molar-refractivity contribution in [3.63, 3.8) is 0 Å². The van der Waals surface area contributed by atoms with Gasteiger partial charge in [-0.05, 0) is 52.0 Å². The summed E-state index contributed by atoms with van der Waals surface area (Å²) in [5.74, 6) is 1.77. The van der Waals surface area contributed by atoms with Crippen LogP contribution in [0.5, 0.6) is 11.5 Å². The van der Waals surface area contributed by atoms with E-state index in [0.29, 0.717) is 6.10 Å². The molecule has 0 aromatic heterocycles. The zero-order valence-corrected chi connectivity index (χ0v) is 11.8. The van der Waals surface area contributed by atoms with Crippen molar-refractivity contribution >= 4 is 11.8 Å². The molecule has 2 rings (SSSR count). The third-order valence-electron chi connectivity index (χ3n) is 2.39. The lowest BCUT2D eigenvalue weighted by atomic mass is 10.2. The highest BCUT2D eigenvalue weighted by atomic mass is 32.2. The van der Waals surface area contributed by atoms with Crippen molar-refractivity contribution < 1.29 is 9.47 Å². The molecule has 94 valence electrons. The maximum atomic E-state index is 5.98. The highest BCUT2D eigenvalue weighted by Gasteiger charge is 2.27. The van der Waals surface area contributed by atoms with Crippen LogP contribution in [0.4, 0.5) is 0 Å². The highest BCUT2D eigenvalue weighted by Crippen LogP contribution is 2.41. The summed E-state index contributed by atoms with van der Waals surface area (Å²) in [6.07, 6.45) is 4.79. The Kier molecular flexibility index (Phi) is 3.57. The van der Waals surface area contributed by atoms with Gasteiger partial charge in [0, 0.05) is 0 Å². The molecule has 0 radical (unpaired) electrons. The van der Waals surface area contributed by atoms with Crippen LogP contribution in [0.25, 0.3) is 0 Å². The number of thioether (sulfide) groups is 1. The lowest BCUT2D eigenvalue weighted by molar-refractivity contribution is 0.121. The molecule has 0 heterocycles. The zero-order valence-electron chi connectivity index (χ0n) is 10.9. The van der Waals surface area contributed by atoms with E-state index >= 15 is 0 Å². The second-order valence-electron chi connectivity index (χ2n) is 5.32. The third-order valence-corrected chi connectivity index (χ3v) is 3.15. The Balaban J connectivity index is 2.28. The number of para-hydroxylation sites is 1. The first-order chi connectivity index (χ1) is 7.99. The first kappa shape index (κ1) is 12.6. The van der Waals surface area contributed by atoms with Crippen molar-refractivity contribution in [3.05, 3.63) is 18.2 Å². The number of benzene rings is 1. The largest absolute Gasteiger partial charge is 0.485 e. The SMILES string of the molecule is CSc1cccc(OC(C)(C)C)c1OC1CC1. The minimum absolute atomic E-state index is 0.196. The maximum absolute atomic E-state index is 5.98. The first-order valence-electron chi connectivity index (χ1n) is 6.02. The lowest BCUT2D eigenvalue weighted by Crippen LogP contribution is -2.23. The summed E-state index contributed by atoms with van der Waals surface area (Å²) in [6.45, 7) is 6.17. The zero-order chi connectivity index (χ0) is 12.5. The number of ether oxygens (including phenoxy) is 2. The standard InChI is InChI=1S/C14H20O2S/c1-14(2,3)16-11-6-5-7-12(17-4)13(11)15-10-8-9-10/h5-7,10H,8-9H2,1-4H3.